The van der Waals surface area contributed by atoms with Gasteiger partial charge in [0.1, 0.15) is 11.2 Å². The highest BCUT2D eigenvalue weighted by Crippen LogP contribution is 2.43. The van der Waals surface area contributed by atoms with Gasteiger partial charge in [-0.3, -0.25) is 0 Å². The van der Waals surface area contributed by atoms with Gasteiger partial charge >= 0.3 is 0 Å². The minimum atomic E-state index is 0.865. The summed E-state index contributed by atoms with van der Waals surface area (Å²) in [5.41, 5.74) is 6.32. The molecule has 0 unspecified atom stereocenters. The van der Waals surface area contributed by atoms with E-state index in [1.54, 1.807) is 11.8 Å². The van der Waals surface area contributed by atoms with Gasteiger partial charge < -0.3 is 4.42 Å². The van der Waals surface area contributed by atoms with Crippen molar-refractivity contribution in [2.75, 3.05) is 0 Å². The summed E-state index contributed by atoms with van der Waals surface area (Å²) in [6.45, 7) is 16.5. The average molecular weight is 439 g/mol. The maximum Gasteiger partial charge on any atom is 0.143 e. The molecule has 3 heteroatoms. The molecule has 3 aromatic carbocycles. The summed E-state index contributed by atoms with van der Waals surface area (Å²) in [4.78, 5) is 3.26. The maximum absolute atomic E-state index is 6.41. The molecule has 0 radical (unpaired) electrons. The van der Waals surface area contributed by atoms with E-state index in [9.17, 15) is 0 Å². The van der Waals surface area contributed by atoms with Crippen molar-refractivity contribution in [3.8, 4) is 10.4 Å². The van der Waals surface area contributed by atoms with E-state index in [0.29, 0.717) is 0 Å². The number of hydrogen-bond acceptors (Lipinski definition) is 3. The lowest BCUT2D eigenvalue weighted by molar-refractivity contribution is 0.668. The number of rotatable bonds is 5. The first-order valence-corrected chi connectivity index (χ1v) is 11.7. The van der Waals surface area contributed by atoms with Crippen LogP contribution in [0.4, 0.5) is 0 Å². The van der Waals surface area contributed by atoms with Crippen molar-refractivity contribution >= 4 is 66.1 Å². The van der Waals surface area contributed by atoms with Crippen molar-refractivity contribution in [1.82, 2.24) is 0 Å². The molecule has 0 aliphatic carbocycles. The molecule has 0 aliphatic rings. The molecule has 5 rings (SSSR count). The summed E-state index contributed by atoms with van der Waals surface area (Å²) in [6.07, 6.45) is 1.92. The van der Waals surface area contributed by atoms with E-state index in [0.717, 1.165) is 42.9 Å². The second-order valence-corrected chi connectivity index (χ2v) is 10.1. The van der Waals surface area contributed by atoms with E-state index in [1.807, 2.05) is 24.3 Å². The Kier molecular flexibility index (Phi) is 4.88. The van der Waals surface area contributed by atoms with Crippen LogP contribution in [0.2, 0.25) is 0 Å². The number of thioether (sulfide) groups is 1. The quantitative estimate of drug-likeness (QED) is 0.271. The molecular formula is C28H22OS2. The molecule has 0 saturated heterocycles. The molecule has 0 N–H and O–H groups in total. The van der Waals surface area contributed by atoms with Crippen LogP contribution >= 0.6 is 23.1 Å². The monoisotopic (exact) mass is 438 g/mol. The van der Waals surface area contributed by atoms with Crippen molar-refractivity contribution in [1.29, 1.82) is 0 Å². The molecular weight excluding hydrogens is 416 g/mol. The van der Waals surface area contributed by atoms with Crippen LogP contribution in [0.3, 0.4) is 0 Å². The Morgan fingerprint density at radius 2 is 1.77 bits per heavy atom. The van der Waals surface area contributed by atoms with Gasteiger partial charge in [0, 0.05) is 36.4 Å². The third kappa shape index (κ3) is 3.25. The van der Waals surface area contributed by atoms with Gasteiger partial charge in [0.05, 0.1) is 0 Å². The Morgan fingerprint density at radius 1 is 1.00 bits per heavy atom. The molecule has 5 aromatic rings. The number of allylic oxidation sites excluding steroid dienone is 1. The highest BCUT2D eigenvalue weighted by atomic mass is 32.2. The molecule has 152 valence electrons. The van der Waals surface area contributed by atoms with Crippen molar-refractivity contribution in [3.05, 3.63) is 95.9 Å². The van der Waals surface area contributed by atoms with Gasteiger partial charge in [-0.15, -0.1) is 11.3 Å². The molecule has 0 atom stereocenters. The first kappa shape index (κ1) is 19.9. The fourth-order valence-electron chi connectivity index (χ4n) is 4.14. The second kappa shape index (κ2) is 7.60. The van der Waals surface area contributed by atoms with E-state index in [4.69, 9.17) is 4.42 Å². The van der Waals surface area contributed by atoms with E-state index < -0.39 is 0 Å². The lowest BCUT2D eigenvalue weighted by atomic mass is 9.99. The molecule has 2 heterocycles. The van der Waals surface area contributed by atoms with E-state index in [-0.39, 0.29) is 0 Å². The van der Waals surface area contributed by atoms with E-state index in [2.05, 4.69) is 81.3 Å². The van der Waals surface area contributed by atoms with Crippen LogP contribution in [0.25, 0.3) is 53.4 Å². The summed E-state index contributed by atoms with van der Waals surface area (Å²) in [7, 11) is 0. The van der Waals surface area contributed by atoms with Crippen LogP contribution in [-0.2, 0) is 0 Å². The third-order valence-corrected chi connectivity index (χ3v) is 7.73. The SMILES string of the molecule is C=Cc1c(-c2sc3ccccc3c2C)ccc2c1oc1cc(C(=C)SC(=C)C)ccc12. The summed E-state index contributed by atoms with van der Waals surface area (Å²) in [5.74, 6) is 0. The van der Waals surface area contributed by atoms with Gasteiger partial charge in [-0.2, -0.15) is 0 Å². The molecule has 1 nitrogen and oxygen atoms in total. The molecule has 0 spiro atoms. The second-order valence-electron chi connectivity index (χ2n) is 7.70. The van der Waals surface area contributed by atoms with Crippen LogP contribution in [-0.4, -0.2) is 0 Å². The normalized spacial score (nSPS) is 11.4. The zero-order valence-corrected chi connectivity index (χ0v) is 19.3. The van der Waals surface area contributed by atoms with E-state index >= 15 is 0 Å². The molecule has 0 amide bonds. The molecule has 31 heavy (non-hydrogen) atoms. The van der Waals surface area contributed by atoms with Crippen LogP contribution in [0.1, 0.15) is 23.6 Å². The van der Waals surface area contributed by atoms with Crippen LogP contribution < -0.4 is 0 Å². The summed E-state index contributed by atoms with van der Waals surface area (Å²) in [5, 5.41) is 3.52. The smallest absolute Gasteiger partial charge is 0.143 e. The predicted molar refractivity (Wildman–Crippen MR) is 141 cm³/mol. The highest BCUT2D eigenvalue weighted by molar-refractivity contribution is 8.11. The number of fused-ring (bicyclic) bond motifs is 4. The largest absolute Gasteiger partial charge is 0.455 e. The van der Waals surface area contributed by atoms with Gasteiger partial charge in [-0.05, 0) is 59.5 Å². The number of aryl methyl sites for hydroxylation is 1. The number of thiophene rings is 1. The van der Waals surface area contributed by atoms with Crippen molar-refractivity contribution in [2.24, 2.45) is 0 Å². The van der Waals surface area contributed by atoms with Gasteiger partial charge in [0.25, 0.3) is 0 Å². The lowest BCUT2D eigenvalue weighted by Crippen LogP contribution is -1.83. The number of benzene rings is 3. The Morgan fingerprint density at radius 3 is 2.52 bits per heavy atom. The number of hydrogen-bond donors (Lipinski definition) is 0. The fraction of sp³-hybridized carbons (Fsp3) is 0.0714. The molecule has 0 aliphatic heterocycles. The van der Waals surface area contributed by atoms with Crippen LogP contribution in [0.5, 0.6) is 0 Å². The zero-order chi connectivity index (χ0) is 21.7. The predicted octanol–water partition coefficient (Wildman–Crippen LogP) is 9.66. The van der Waals surface area contributed by atoms with Crippen LogP contribution in [0.15, 0.2) is 83.7 Å². The highest BCUT2D eigenvalue weighted by Gasteiger charge is 2.18. The third-order valence-electron chi connectivity index (χ3n) is 5.59. The summed E-state index contributed by atoms with van der Waals surface area (Å²) < 4.78 is 7.71. The lowest BCUT2D eigenvalue weighted by Gasteiger charge is -2.06. The standard InChI is InChI=1S/C28H22OS2/c1-6-20-24(28-17(4)21-9-7-8-10-26(21)31-28)14-13-23-22-12-11-19(18(5)30-16(2)3)15-25(22)29-27(20)23/h6-15H,1-2,5H2,3-4H3. The molecule has 2 aromatic heterocycles. The van der Waals surface area contributed by atoms with Gasteiger partial charge in [0.15, 0.2) is 0 Å². The molecule has 0 saturated carbocycles. The van der Waals surface area contributed by atoms with Gasteiger partial charge in [-0.1, -0.05) is 67.9 Å². The Labute approximate surface area is 190 Å². The Balaban J connectivity index is 1.72. The Bertz CT molecular complexity index is 1530. The van der Waals surface area contributed by atoms with Gasteiger partial charge in [-0.25, -0.2) is 0 Å². The van der Waals surface area contributed by atoms with Crippen molar-refractivity contribution in [2.45, 2.75) is 13.8 Å². The van der Waals surface area contributed by atoms with Gasteiger partial charge in [0.2, 0.25) is 0 Å². The molecule has 0 fully saturated rings. The van der Waals surface area contributed by atoms with Crippen LogP contribution in [0, 0.1) is 6.92 Å². The zero-order valence-electron chi connectivity index (χ0n) is 17.6. The van der Waals surface area contributed by atoms with Crippen molar-refractivity contribution < 1.29 is 4.42 Å². The van der Waals surface area contributed by atoms with Crippen molar-refractivity contribution in [3.63, 3.8) is 0 Å². The Hall–Kier alpha value is -3.01. The summed E-state index contributed by atoms with van der Waals surface area (Å²) in [6, 6.07) is 19.2. The minimum Gasteiger partial charge on any atom is -0.455 e. The average Bonchev–Trinajstić information content (AvgIpc) is 3.30. The first-order valence-electron chi connectivity index (χ1n) is 10.1. The first-order chi connectivity index (χ1) is 15.0. The molecule has 0 bridgehead atoms. The minimum absolute atomic E-state index is 0.865. The van der Waals surface area contributed by atoms with E-state index in [1.165, 1.54) is 26.1 Å². The fourth-order valence-corrected chi connectivity index (χ4v) is 6.05. The summed E-state index contributed by atoms with van der Waals surface area (Å²) >= 11 is 3.41. The maximum atomic E-state index is 6.41. The number of furan rings is 1. The topological polar surface area (TPSA) is 13.1 Å².